The van der Waals surface area contributed by atoms with Gasteiger partial charge in [-0.3, -0.25) is 0 Å². The van der Waals surface area contributed by atoms with Crippen LogP contribution in [0.2, 0.25) is 0 Å². The fraction of sp³-hybridized carbons (Fsp3) is 0.455. The summed E-state index contributed by atoms with van der Waals surface area (Å²) in [5, 5.41) is 8.91. The molecule has 1 aromatic carbocycles. The summed E-state index contributed by atoms with van der Waals surface area (Å²) in [5.74, 6) is 0.748. The molecule has 0 aliphatic carbocycles. The summed E-state index contributed by atoms with van der Waals surface area (Å²) >= 11 is 0. The van der Waals surface area contributed by atoms with Crippen LogP contribution in [0.1, 0.15) is 5.56 Å². The van der Waals surface area contributed by atoms with Crippen LogP contribution in [0, 0.1) is 0 Å². The lowest BCUT2D eigenvalue weighted by atomic mass is 10.2. The second kappa shape index (κ2) is 7.23. The van der Waals surface area contributed by atoms with E-state index in [2.05, 4.69) is 0 Å². The second-order valence-corrected chi connectivity index (χ2v) is 3.06. The van der Waals surface area contributed by atoms with E-state index in [4.69, 9.17) is 20.3 Å². The molecule has 0 saturated carbocycles. The maximum absolute atomic E-state index is 8.91. The van der Waals surface area contributed by atoms with Crippen molar-refractivity contribution >= 4 is 0 Å². The van der Waals surface area contributed by atoms with E-state index in [1.54, 1.807) is 0 Å². The van der Waals surface area contributed by atoms with Gasteiger partial charge in [0.2, 0.25) is 0 Å². The Morgan fingerprint density at radius 3 is 2.80 bits per heavy atom. The molecule has 0 spiro atoms. The van der Waals surface area contributed by atoms with E-state index in [0.29, 0.717) is 26.4 Å². The third-order valence-corrected chi connectivity index (χ3v) is 1.84. The van der Waals surface area contributed by atoms with Crippen molar-refractivity contribution < 1.29 is 14.6 Å². The van der Waals surface area contributed by atoms with Crippen molar-refractivity contribution in [1.82, 2.24) is 0 Å². The molecule has 1 rings (SSSR count). The Morgan fingerprint density at radius 2 is 2.07 bits per heavy atom. The highest BCUT2D eigenvalue weighted by atomic mass is 16.5. The highest BCUT2D eigenvalue weighted by molar-refractivity contribution is 5.27. The normalized spacial score (nSPS) is 10.3. The van der Waals surface area contributed by atoms with Crippen LogP contribution in [0.15, 0.2) is 24.3 Å². The maximum atomic E-state index is 8.91. The topological polar surface area (TPSA) is 64.7 Å². The summed E-state index contributed by atoms with van der Waals surface area (Å²) in [4.78, 5) is 0. The van der Waals surface area contributed by atoms with E-state index in [9.17, 15) is 0 Å². The first-order valence-electron chi connectivity index (χ1n) is 4.97. The van der Waals surface area contributed by atoms with E-state index in [-0.39, 0.29) is 6.61 Å². The molecular weight excluding hydrogens is 194 g/mol. The Balaban J connectivity index is 2.24. The average molecular weight is 211 g/mol. The van der Waals surface area contributed by atoms with Crippen molar-refractivity contribution in [2.45, 2.75) is 6.61 Å². The fourth-order valence-electron chi connectivity index (χ4n) is 1.14. The molecule has 84 valence electrons. The highest BCUT2D eigenvalue weighted by Gasteiger charge is 1.95. The number of aliphatic hydroxyl groups is 1. The van der Waals surface area contributed by atoms with Gasteiger partial charge < -0.3 is 20.3 Å². The van der Waals surface area contributed by atoms with Crippen molar-refractivity contribution in [3.05, 3.63) is 29.8 Å². The Kier molecular flexibility index (Phi) is 5.77. The van der Waals surface area contributed by atoms with Gasteiger partial charge >= 0.3 is 0 Å². The first kappa shape index (κ1) is 12.0. The molecule has 0 saturated heterocycles. The van der Waals surface area contributed by atoms with Gasteiger partial charge in [0.25, 0.3) is 0 Å². The predicted molar refractivity (Wildman–Crippen MR) is 57.7 cm³/mol. The number of aliphatic hydroxyl groups excluding tert-OH is 1. The van der Waals surface area contributed by atoms with Gasteiger partial charge in [0.1, 0.15) is 12.4 Å². The minimum Gasteiger partial charge on any atom is -0.491 e. The summed E-state index contributed by atoms with van der Waals surface area (Å²) in [6.45, 7) is 2.14. The van der Waals surface area contributed by atoms with Gasteiger partial charge in [-0.05, 0) is 17.7 Å². The zero-order chi connectivity index (χ0) is 10.9. The molecular formula is C11H17NO3. The van der Waals surface area contributed by atoms with E-state index in [1.165, 1.54) is 0 Å². The van der Waals surface area contributed by atoms with Gasteiger partial charge in [-0.2, -0.15) is 0 Å². The molecule has 0 bridgehead atoms. The molecule has 0 aliphatic heterocycles. The lowest BCUT2D eigenvalue weighted by Gasteiger charge is -2.07. The molecule has 0 fully saturated rings. The van der Waals surface area contributed by atoms with Crippen LogP contribution in [-0.2, 0) is 11.3 Å². The number of ether oxygens (including phenoxy) is 2. The van der Waals surface area contributed by atoms with Gasteiger partial charge in [-0.15, -0.1) is 0 Å². The lowest BCUT2D eigenvalue weighted by Crippen LogP contribution is -2.13. The zero-order valence-electron chi connectivity index (χ0n) is 8.69. The van der Waals surface area contributed by atoms with Crippen LogP contribution < -0.4 is 10.5 Å². The molecule has 4 nitrogen and oxygen atoms in total. The largest absolute Gasteiger partial charge is 0.491 e. The Hall–Kier alpha value is -1.10. The third kappa shape index (κ3) is 4.78. The van der Waals surface area contributed by atoms with E-state index in [0.717, 1.165) is 11.3 Å². The summed E-state index contributed by atoms with van der Waals surface area (Å²) in [5.41, 5.74) is 6.11. The van der Waals surface area contributed by atoms with E-state index < -0.39 is 0 Å². The maximum Gasteiger partial charge on any atom is 0.119 e. The zero-order valence-corrected chi connectivity index (χ0v) is 8.69. The summed E-state index contributed by atoms with van der Waals surface area (Å²) in [7, 11) is 0. The van der Waals surface area contributed by atoms with Gasteiger partial charge in [-0.1, -0.05) is 12.1 Å². The smallest absolute Gasteiger partial charge is 0.119 e. The van der Waals surface area contributed by atoms with Gasteiger partial charge in [-0.25, -0.2) is 0 Å². The number of hydrogen-bond donors (Lipinski definition) is 2. The molecule has 0 atom stereocenters. The van der Waals surface area contributed by atoms with Crippen LogP contribution >= 0.6 is 0 Å². The first-order valence-corrected chi connectivity index (χ1v) is 4.97. The summed E-state index contributed by atoms with van der Waals surface area (Å²) in [6, 6.07) is 7.35. The second-order valence-electron chi connectivity index (χ2n) is 3.06. The quantitative estimate of drug-likeness (QED) is 0.646. The van der Waals surface area contributed by atoms with E-state index in [1.807, 2.05) is 24.3 Å². The van der Waals surface area contributed by atoms with Crippen molar-refractivity contribution in [1.29, 1.82) is 0 Å². The standard InChI is InChI=1S/C11H17NO3/c12-4-5-14-6-7-15-11-3-1-2-10(8-11)9-13/h1-3,8,13H,4-7,9,12H2. The van der Waals surface area contributed by atoms with Crippen molar-refractivity contribution in [2.75, 3.05) is 26.4 Å². The molecule has 3 N–H and O–H groups in total. The number of hydrogen-bond acceptors (Lipinski definition) is 4. The first-order chi connectivity index (χ1) is 7.36. The predicted octanol–water partition coefficient (Wildman–Crippen LogP) is 0.533. The molecule has 0 radical (unpaired) electrons. The minimum atomic E-state index is 0.0286. The third-order valence-electron chi connectivity index (χ3n) is 1.84. The SMILES string of the molecule is NCCOCCOc1cccc(CO)c1. The molecule has 0 amide bonds. The molecule has 4 heteroatoms. The molecule has 0 aromatic heterocycles. The monoisotopic (exact) mass is 211 g/mol. The Labute approximate surface area is 89.6 Å². The minimum absolute atomic E-state index is 0.0286. The Morgan fingerprint density at radius 1 is 1.20 bits per heavy atom. The van der Waals surface area contributed by atoms with Gasteiger partial charge in [0.05, 0.1) is 19.8 Å². The lowest BCUT2D eigenvalue weighted by molar-refractivity contribution is 0.106. The summed E-state index contributed by atoms with van der Waals surface area (Å²) in [6.07, 6.45) is 0. The van der Waals surface area contributed by atoms with Gasteiger partial charge in [0.15, 0.2) is 0 Å². The number of rotatable bonds is 7. The van der Waals surface area contributed by atoms with E-state index >= 15 is 0 Å². The van der Waals surface area contributed by atoms with Crippen LogP contribution in [0.25, 0.3) is 0 Å². The van der Waals surface area contributed by atoms with Crippen LogP contribution in [0.5, 0.6) is 5.75 Å². The summed E-state index contributed by atoms with van der Waals surface area (Å²) < 4.78 is 10.6. The average Bonchev–Trinajstić information content (AvgIpc) is 2.29. The Bertz CT molecular complexity index is 278. The molecule has 0 heterocycles. The van der Waals surface area contributed by atoms with Gasteiger partial charge in [0, 0.05) is 6.54 Å². The number of benzene rings is 1. The molecule has 15 heavy (non-hydrogen) atoms. The fourth-order valence-corrected chi connectivity index (χ4v) is 1.14. The molecule has 0 aliphatic rings. The van der Waals surface area contributed by atoms with Crippen LogP contribution in [0.3, 0.4) is 0 Å². The highest BCUT2D eigenvalue weighted by Crippen LogP contribution is 2.12. The van der Waals surface area contributed by atoms with Crippen molar-refractivity contribution in [3.63, 3.8) is 0 Å². The van der Waals surface area contributed by atoms with Crippen LogP contribution in [-0.4, -0.2) is 31.5 Å². The molecule has 1 aromatic rings. The van der Waals surface area contributed by atoms with Crippen LogP contribution in [0.4, 0.5) is 0 Å². The number of nitrogens with two attached hydrogens (primary N) is 1. The molecule has 0 unspecified atom stereocenters. The van der Waals surface area contributed by atoms with Crippen molar-refractivity contribution in [2.24, 2.45) is 5.73 Å². The van der Waals surface area contributed by atoms with Crippen molar-refractivity contribution in [3.8, 4) is 5.75 Å².